The van der Waals surface area contributed by atoms with Crippen molar-refractivity contribution in [1.29, 1.82) is 0 Å². The van der Waals surface area contributed by atoms with Gasteiger partial charge in [0.05, 0.1) is 6.54 Å². The molecule has 2 aliphatic rings. The summed E-state index contributed by atoms with van der Waals surface area (Å²) >= 11 is 0. The number of guanidine groups is 1. The molecule has 1 saturated heterocycles. The lowest BCUT2D eigenvalue weighted by atomic mass is 9.94. The third kappa shape index (κ3) is 6.07. The number of benzene rings is 1. The van der Waals surface area contributed by atoms with E-state index in [4.69, 9.17) is 4.99 Å². The molecule has 0 unspecified atom stereocenters. The third-order valence-corrected chi connectivity index (χ3v) is 5.96. The van der Waals surface area contributed by atoms with Crippen LogP contribution < -0.4 is 5.32 Å². The van der Waals surface area contributed by atoms with Crippen LogP contribution in [0.3, 0.4) is 0 Å². The van der Waals surface area contributed by atoms with Crippen molar-refractivity contribution in [3.63, 3.8) is 0 Å². The largest absolute Gasteiger partial charge is 0.357 e. The van der Waals surface area contributed by atoms with Crippen LogP contribution in [0.5, 0.6) is 0 Å². The predicted octanol–water partition coefficient (Wildman–Crippen LogP) is 2.57. The SMILES string of the molecule is CCNC(=NCC(C)(C)N1CCc2ccccc2C1)N1CCN(C(C)=O)CC1.I. The Hall–Kier alpha value is -1.35. The van der Waals surface area contributed by atoms with Crippen LogP contribution in [0.4, 0.5) is 0 Å². The molecule has 1 amide bonds. The summed E-state index contributed by atoms with van der Waals surface area (Å²) in [5.41, 5.74) is 2.92. The van der Waals surface area contributed by atoms with Gasteiger partial charge in [0, 0.05) is 58.3 Å². The van der Waals surface area contributed by atoms with Crippen molar-refractivity contribution in [3.05, 3.63) is 35.4 Å². The van der Waals surface area contributed by atoms with Crippen molar-refractivity contribution in [2.24, 2.45) is 4.99 Å². The molecule has 0 atom stereocenters. The van der Waals surface area contributed by atoms with Gasteiger partial charge in [0.25, 0.3) is 0 Å². The van der Waals surface area contributed by atoms with Gasteiger partial charge < -0.3 is 15.1 Å². The van der Waals surface area contributed by atoms with E-state index in [1.807, 2.05) is 4.90 Å². The molecule has 0 aliphatic carbocycles. The number of aliphatic imine (C=N–C) groups is 1. The summed E-state index contributed by atoms with van der Waals surface area (Å²) in [7, 11) is 0. The van der Waals surface area contributed by atoms with Crippen molar-refractivity contribution in [2.45, 2.75) is 46.2 Å². The molecule has 1 N–H and O–H groups in total. The molecule has 2 aliphatic heterocycles. The lowest BCUT2D eigenvalue weighted by Crippen LogP contribution is -2.54. The lowest BCUT2D eigenvalue weighted by Gasteiger charge is -2.41. The molecule has 0 aromatic heterocycles. The van der Waals surface area contributed by atoms with Gasteiger partial charge in [-0.05, 0) is 38.3 Å². The second kappa shape index (κ2) is 10.6. The lowest BCUT2D eigenvalue weighted by molar-refractivity contribution is -0.130. The summed E-state index contributed by atoms with van der Waals surface area (Å²) in [6.07, 6.45) is 1.11. The maximum atomic E-state index is 11.6. The van der Waals surface area contributed by atoms with E-state index in [2.05, 4.69) is 60.2 Å². The molecular weight excluding hydrogens is 477 g/mol. The first-order valence-corrected chi connectivity index (χ1v) is 10.5. The average molecular weight is 513 g/mol. The highest BCUT2D eigenvalue weighted by atomic mass is 127. The van der Waals surface area contributed by atoms with Crippen LogP contribution >= 0.6 is 24.0 Å². The minimum Gasteiger partial charge on any atom is -0.357 e. The average Bonchev–Trinajstić information content (AvgIpc) is 2.71. The molecular formula is C22H36IN5O. The molecule has 162 valence electrons. The predicted molar refractivity (Wildman–Crippen MR) is 130 cm³/mol. The minimum atomic E-state index is -0.00455. The Labute approximate surface area is 192 Å². The zero-order valence-corrected chi connectivity index (χ0v) is 20.6. The van der Waals surface area contributed by atoms with Crippen molar-refractivity contribution >= 4 is 35.8 Å². The summed E-state index contributed by atoms with van der Waals surface area (Å²) in [6.45, 7) is 15.2. The maximum absolute atomic E-state index is 11.6. The van der Waals surface area contributed by atoms with Gasteiger partial charge in [-0.25, -0.2) is 0 Å². The zero-order chi connectivity index (χ0) is 20.1. The fraction of sp³-hybridized carbons (Fsp3) is 0.636. The second-order valence-corrected chi connectivity index (χ2v) is 8.42. The van der Waals surface area contributed by atoms with Gasteiger partial charge in [-0.15, -0.1) is 24.0 Å². The Balaban J connectivity index is 0.00000300. The van der Waals surface area contributed by atoms with Gasteiger partial charge in [-0.2, -0.15) is 0 Å². The normalized spacial score (nSPS) is 18.1. The topological polar surface area (TPSA) is 51.2 Å². The van der Waals surface area contributed by atoms with E-state index in [1.165, 1.54) is 11.1 Å². The van der Waals surface area contributed by atoms with Gasteiger partial charge in [0.15, 0.2) is 5.96 Å². The Kier molecular flexibility index (Phi) is 8.75. The molecule has 1 aromatic rings. The molecule has 0 saturated carbocycles. The smallest absolute Gasteiger partial charge is 0.219 e. The molecule has 29 heavy (non-hydrogen) atoms. The Bertz CT molecular complexity index is 713. The fourth-order valence-electron chi connectivity index (χ4n) is 4.04. The number of amides is 1. The maximum Gasteiger partial charge on any atom is 0.219 e. The van der Waals surface area contributed by atoms with E-state index in [-0.39, 0.29) is 35.4 Å². The Morgan fingerprint density at radius 3 is 2.31 bits per heavy atom. The number of nitrogens with zero attached hydrogens (tertiary/aromatic N) is 4. The van der Waals surface area contributed by atoms with Crippen LogP contribution in [0.25, 0.3) is 0 Å². The number of rotatable bonds is 4. The number of piperazine rings is 1. The highest BCUT2D eigenvalue weighted by molar-refractivity contribution is 14.0. The monoisotopic (exact) mass is 513 g/mol. The summed E-state index contributed by atoms with van der Waals surface area (Å²) < 4.78 is 0. The van der Waals surface area contributed by atoms with Crippen molar-refractivity contribution in [3.8, 4) is 0 Å². The first-order valence-electron chi connectivity index (χ1n) is 10.5. The minimum absolute atomic E-state index is 0. The number of halogens is 1. The summed E-state index contributed by atoms with van der Waals surface area (Å²) in [6, 6.07) is 8.77. The van der Waals surface area contributed by atoms with E-state index < -0.39 is 0 Å². The summed E-state index contributed by atoms with van der Waals surface area (Å²) in [5, 5.41) is 3.44. The molecule has 1 aromatic carbocycles. The van der Waals surface area contributed by atoms with Crippen LogP contribution in [0.2, 0.25) is 0 Å². The van der Waals surface area contributed by atoms with E-state index in [0.717, 1.165) is 64.7 Å². The van der Waals surface area contributed by atoms with Crippen molar-refractivity contribution in [1.82, 2.24) is 20.0 Å². The molecule has 1 fully saturated rings. The Morgan fingerprint density at radius 1 is 1.07 bits per heavy atom. The van der Waals surface area contributed by atoms with Gasteiger partial charge in [0.2, 0.25) is 5.91 Å². The van der Waals surface area contributed by atoms with Crippen LogP contribution in [-0.4, -0.2) is 77.9 Å². The molecule has 0 bridgehead atoms. The van der Waals surface area contributed by atoms with Gasteiger partial charge in [0.1, 0.15) is 0 Å². The van der Waals surface area contributed by atoms with Crippen LogP contribution in [0.1, 0.15) is 38.8 Å². The highest BCUT2D eigenvalue weighted by Gasteiger charge is 2.30. The molecule has 3 rings (SSSR count). The summed E-state index contributed by atoms with van der Waals surface area (Å²) in [5.74, 6) is 1.13. The Morgan fingerprint density at radius 2 is 1.69 bits per heavy atom. The van der Waals surface area contributed by atoms with Crippen LogP contribution in [0, 0.1) is 0 Å². The van der Waals surface area contributed by atoms with E-state index >= 15 is 0 Å². The van der Waals surface area contributed by atoms with Crippen LogP contribution in [-0.2, 0) is 17.8 Å². The van der Waals surface area contributed by atoms with Crippen molar-refractivity contribution < 1.29 is 4.79 Å². The summed E-state index contributed by atoms with van der Waals surface area (Å²) in [4.78, 5) is 23.3. The number of hydrogen-bond donors (Lipinski definition) is 1. The number of carbonyl (C=O) groups is 1. The van der Waals surface area contributed by atoms with E-state index in [9.17, 15) is 4.79 Å². The fourth-order valence-corrected chi connectivity index (χ4v) is 4.04. The van der Waals surface area contributed by atoms with E-state index in [1.54, 1.807) is 6.92 Å². The standard InChI is InChI=1S/C22H35N5O.HI/c1-5-23-21(26-14-12-25(13-15-26)18(2)28)24-17-22(3,4)27-11-10-19-8-6-7-9-20(19)16-27;/h6-9H,5,10-17H2,1-4H3,(H,23,24);1H. The number of fused-ring (bicyclic) bond motifs is 1. The molecule has 2 heterocycles. The van der Waals surface area contributed by atoms with Gasteiger partial charge in [-0.3, -0.25) is 14.7 Å². The van der Waals surface area contributed by atoms with Crippen LogP contribution in [0.15, 0.2) is 29.3 Å². The number of nitrogens with one attached hydrogen (secondary N) is 1. The number of carbonyl (C=O) groups excluding carboxylic acids is 1. The van der Waals surface area contributed by atoms with E-state index in [0.29, 0.717) is 0 Å². The molecule has 0 radical (unpaired) electrons. The second-order valence-electron chi connectivity index (χ2n) is 8.42. The molecule has 6 nitrogen and oxygen atoms in total. The molecule has 7 heteroatoms. The third-order valence-electron chi connectivity index (χ3n) is 5.96. The first kappa shape index (κ1) is 23.9. The van der Waals surface area contributed by atoms with Gasteiger partial charge >= 0.3 is 0 Å². The molecule has 0 spiro atoms. The van der Waals surface area contributed by atoms with Gasteiger partial charge in [-0.1, -0.05) is 24.3 Å². The number of hydrogen-bond acceptors (Lipinski definition) is 3. The first-order chi connectivity index (χ1) is 13.4. The van der Waals surface area contributed by atoms with Crippen molar-refractivity contribution in [2.75, 3.05) is 45.8 Å². The zero-order valence-electron chi connectivity index (χ0n) is 18.3. The quantitative estimate of drug-likeness (QED) is 0.382. The highest BCUT2D eigenvalue weighted by Crippen LogP contribution is 2.25.